The number of carboxylic acid groups (broad SMARTS) is 1. The van der Waals surface area contributed by atoms with Crippen LogP contribution >= 0.6 is 0 Å². The largest absolute Gasteiger partial charge is 0.478 e. The Kier molecular flexibility index (Phi) is 8.19. The molecule has 0 aromatic rings. The van der Waals surface area contributed by atoms with Crippen LogP contribution in [-0.4, -0.2) is 54.2 Å². The number of rotatable bonds is 7. The van der Waals surface area contributed by atoms with Crippen LogP contribution in [0.2, 0.25) is 0 Å². The first-order valence-electron chi connectivity index (χ1n) is 5.93. The minimum absolute atomic E-state index is 0.0496. The highest BCUT2D eigenvalue weighted by atomic mass is 16.5. The van der Waals surface area contributed by atoms with Gasteiger partial charge in [0.15, 0.2) is 0 Å². The Hall–Kier alpha value is -1.89. The van der Waals surface area contributed by atoms with Crippen LogP contribution in [0.15, 0.2) is 12.2 Å². The van der Waals surface area contributed by atoms with Crippen molar-refractivity contribution in [3.05, 3.63) is 12.2 Å². The van der Waals surface area contributed by atoms with Crippen LogP contribution in [0.4, 0.5) is 4.79 Å². The van der Waals surface area contributed by atoms with Crippen molar-refractivity contribution >= 4 is 17.9 Å². The van der Waals surface area contributed by atoms with E-state index in [0.717, 1.165) is 12.5 Å². The Morgan fingerprint density at radius 1 is 1.37 bits per heavy atom. The topological polar surface area (TPSA) is 95.9 Å². The molecule has 0 aromatic carbocycles. The summed E-state index contributed by atoms with van der Waals surface area (Å²) >= 11 is 0. The van der Waals surface area contributed by atoms with E-state index in [0.29, 0.717) is 19.2 Å². The molecule has 0 radical (unpaired) electrons. The van der Waals surface area contributed by atoms with Gasteiger partial charge in [-0.1, -0.05) is 6.92 Å². The second kappa shape index (κ2) is 9.09. The third-order valence-corrected chi connectivity index (χ3v) is 2.53. The van der Waals surface area contributed by atoms with Crippen molar-refractivity contribution < 1.29 is 24.2 Å². The summed E-state index contributed by atoms with van der Waals surface area (Å²) in [4.78, 5) is 34.9. The molecule has 0 aliphatic carbocycles. The van der Waals surface area contributed by atoms with Crippen LogP contribution in [0.3, 0.4) is 0 Å². The molecule has 0 aromatic heterocycles. The quantitative estimate of drug-likeness (QED) is 0.662. The number of imide groups is 1. The standard InChI is InChI=1S/C12H20N2O5/c1-4-9(2)14(7-8-19-3)12(18)13-10(15)5-6-11(16)17/h5-6,9H,4,7-8H2,1-3H3,(H,16,17)(H,13,15,18). The maximum Gasteiger partial charge on any atom is 0.328 e. The van der Waals surface area contributed by atoms with E-state index < -0.39 is 17.9 Å². The summed E-state index contributed by atoms with van der Waals surface area (Å²) in [5.41, 5.74) is 0. The summed E-state index contributed by atoms with van der Waals surface area (Å²) in [6, 6.07) is -0.613. The van der Waals surface area contributed by atoms with E-state index in [1.54, 1.807) is 0 Å². The van der Waals surface area contributed by atoms with Gasteiger partial charge < -0.3 is 14.7 Å². The second-order valence-electron chi connectivity index (χ2n) is 3.91. The normalized spacial score (nSPS) is 12.2. The van der Waals surface area contributed by atoms with Crippen molar-refractivity contribution in [3.63, 3.8) is 0 Å². The lowest BCUT2D eigenvalue weighted by molar-refractivity contribution is -0.131. The van der Waals surface area contributed by atoms with Crippen LogP contribution in [0.1, 0.15) is 20.3 Å². The Labute approximate surface area is 112 Å². The predicted octanol–water partition coefficient (Wildman–Crippen LogP) is 0.610. The Morgan fingerprint density at radius 3 is 2.47 bits per heavy atom. The molecule has 2 N–H and O–H groups in total. The molecule has 0 heterocycles. The van der Waals surface area contributed by atoms with Crippen molar-refractivity contribution in [2.24, 2.45) is 0 Å². The molecule has 7 heteroatoms. The lowest BCUT2D eigenvalue weighted by Gasteiger charge is -2.27. The first kappa shape index (κ1) is 17.1. The Bertz CT molecular complexity index is 354. The minimum atomic E-state index is -1.25. The molecule has 1 unspecified atom stereocenters. The van der Waals surface area contributed by atoms with Crippen molar-refractivity contribution in [1.82, 2.24) is 10.2 Å². The van der Waals surface area contributed by atoms with E-state index in [2.05, 4.69) is 5.32 Å². The average Bonchev–Trinajstić information content (AvgIpc) is 2.36. The highest BCUT2D eigenvalue weighted by Gasteiger charge is 2.19. The van der Waals surface area contributed by atoms with E-state index in [1.165, 1.54) is 12.0 Å². The summed E-state index contributed by atoms with van der Waals surface area (Å²) in [6.45, 7) is 4.49. The van der Waals surface area contributed by atoms with Gasteiger partial charge in [0, 0.05) is 31.8 Å². The minimum Gasteiger partial charge on any atom is -0.478 e. The molecular formula is C12H20N2O5. The molecule has 19 heavy (non-hydrogen) atoms. The van der Waals surface area contributed by atoms with Gasteiger partial charge in [0.05, 0.1) is 6.61 Å². The molecule has 0 saturated heterocycles. The number of urea groups is 1. The number of aliphatic carboxylic acids is 1. The summed E-state index contributed by atoms with van der Waals surface area (Å²) in [7, 11) is 1.52. The van der Waals surface area contributed by atoms with Crippen LogP contribution in [0, 0.1) is 0 Å². The summed E-state index contributed by atoms with van der Waals surface area (Å²) in [5, 5.41) is 10.5. The van der Waals surface area contributed by atoms with Crippen LogP contribution < -0.4 is 5.32 Å². The van der Waals surface area contributed by atoms with Gasteiger partial charge in [0.25, 0.3) is 5.91 Å². The fourth-order valence-corrected chi connectivity index (χ4v) is 1.30. The van der Waals surface area contributed by atoms with Gasteiger partial charge in [0.1, 0.15) is 0 Å². The van der Waals surface area contributed by atoms with Crippen LogP contribution in [-0.2, 0) is 14.3 Å². The highest BCUT2D eigenvalue weighted by Crippen LogP contribution is 2.03. The predicted molar refractivity (Wildman–Crippen MR) is 68.6 cm³/mol. The van der Waals surface area contributed by atoms with Gasteiger partial charge in [-0.25, -0.2) is 9.59 Å². The molecule has 0 aliphatic heterocycles. The number of methoxy groups -OCH3 is 1. The molecule has 0 saturated carbocycles. The third kappa shape index (κ3) is 7.20. The third-order valence-electron chi connectivity index (χ3n) is 2.53. The number of ether oxygens (including phenoxy) is 1. The van der Waals surface area contributed by atoms with E-state index in [4.69, 9.17) is 9.84 Å². The molecular weight excluding hydrogens is 252 g/mol. The van der Waals surface area contributed by atoms with E-state index in [9.17, 15) is 14.4 Å². The fraction of sp³-hybridized carbons (Fsp3) is 0.583. The molecule has 0 bridgehead atoms. The number of amides is 3. The van der Waals surface area contributed by atoms with Gasteiger partial charge in [-0.2, -0.15) is 0 Å². The van der Waals surface area contributed by atoms with Gasteiger partial charge in [-0.05, 0) is 13.3 Å². The van der Waals surface area contributed by atoms with E-state index in [-0.39, 0.29) is 6.04 Å². The zero-order chi connectivity index (χ0) is 14.8. The SMILES string of the molecule is CCC(C)N(CCOC)C(=O)NC(=O)C=CC(=O)O. The molecule has 7 nitrogen and oxygen atoms in total. The number of carbonyl (C=O) groups excluding carboxylic acids is 2. The number of hydrogen-bond donors (Lipinski definition) is 2. The number of carbonyl (C=O) groups is 3. The van der Waals surface area contributed by atoms with Crippen molar-refractivity contribution in [2.75, 3.05) is 20.3 Å². The highest BCUT2D eigenvalue weighted by molar-refractivity contribution is 6.02. The smallest absolute Gasteiger partial charge is 0.328 e. The molecule has 108 valence electrons. The van der Waals surface area contributed by atoms with Gasteiger partial charge in [0.2, 0.25) is 0 Å². The molecule has 0 spiro atoms. The Balaban J connectivity index is 4.54. The number of hydrogen-bond acceptors (Lipinski definition) is 4. The van der Waals surface area contributed by atoms with E-state index >= 15 is 0 Å². The molecule has 0 rings (SSSR count). The summed E-state index contributed by atoms with van der Waals surface area (Å²) in [6.07, 6.45) is 2.20. The number of carboxylic acids is 1. The second-order valence-corrected chi connectivity index (χ2v) is 3.91. The molecule has 1 atom stereocenters. The monoisotopic (exact) mass is 272 g/mol. The van der Waals surface area contributed by atoms with Gasteiger partial charge >= 0.3 is 12.0 Å². The number of nitrogens with zero attached hydrogens (tertiary/aromatic N) is 1. The summed E-state index contributed by atoms with van der Waals surface area (Å²) < 4.78 is 4.90. The average molecular weight is 272 g/mol. The van der Waals surface area contributed by atoms with Crippen LogP contribution in [0.5, 0.6) is 0 Å². The lowest BCUT2D eigenvalue weighted by atomic mass is 10.2. The fourth-order valence-electron chi connectivity index (χ4n) is 1.30. The summed E-state index contributed by atoms with van der Waals surface area (Å²) in [5.74, 6) is -2.01. The zero-order valence-electron chi connectivity index (χ0n) is 11.4. The van der Waals surface area contributed by atoms with Gasteiger partial charge in [-0.15, -0.1) is 0 Å². The van der Waals surface area contributed by atoms with Crippen molar-refractivity contribution in [3.8, 4) is 0 Å². The molecule has 3 amide bonds. The number of nitrogens with one attached hydrogen (secondary N) is 1. The Morgan fingerprint density at radius 2 is 2.00 bits per heavy atom. The van der Waals surface area contributed by atoms with Crippen LogP contribution in [0.25, 0.3) is 0 Å². The molecule has 0 aliphatic rings. The maximum atomic E-state index is 11.9. The maximum absolute atomic E-state index is 11.9. The van der Waals surface area contributed by atoms with Crippen molar-refractivity contribution in [2.45, 2.75) is 26.3 Å². The molecule has 0 fully saturated rings. The first-order chi connectivity index (χ1) is 8.92. The van der Waals surface area contributed by atoms with E-state index in [1.807, 2.05) is 13.8 Å². The first-order valence-corrected chi connectivity index (χ1v) is 5.93. The zero-order valence-corrected chi connectivity index (χ0v) is 11.4. The van der Waals surface area contributed by atoms with Gasteiger partial charge in [-0.3, -0.25) is 10.1 Å². The van der Waals surface area contributed by atoms with Crippen molar-refractivity contribution in [1.29, 1.82) is 0 Å². The lowest BCUT2D eigenvalue weighted by Crippen LogP contribution is -2.47.